The normalized spacial score (nSPS) is 13.1. The highest BCUT2D eigenvalue weighted by molar-refractivity contribution is 7.23. The molecule has 8 nitrogen and oxygen atoms in total. The van der Waals surface area contributed by atoms with Gasteiger partial charge in [-0.25, -0.2) is 9.78 Å². The Balaban J connectivity index is 1.77. The van der Waals surface area contributed by atoms with Crippen molar-refractivity contribution < 1.29 is 24.2 Å². The van der Waals surface area contributed by atoms with E-state index in [0.29, 0.717) is 18.2 Å². The number of nitrogens with zero attached hydrogens (tertiary/aromatic N) is 2. The van der Waals surface area contributed by atoms with Crippen LogP contribution in [-0.2, 0) is 27.2 Å². The molecule has 1 amide bonds. The Morgan fingerprint density at radius 3 is 2.83 bits per heavy atom. The summed E-state index contributed by atoms with van der Waals surface area (Å²) in [6.07, 6.45) is 3.12. The summed E-state index contributed by atoms with van der Waals surface area (Å²) in [6, 6.07) is 8.06. The quantitative estimate of drug-likeness (QED) is 0.358. The minimum Gasteiger partial charge on any atom is -0.493 e. The van der Waals surface area contributed by atoms with Crippen LogP contribution < -0.4 is 10.1 Å². The lowest BCUT2D eigenvalue weighted by Gasteiger charge is -2.27. The number of carboxylic acid groups (broad SMARTS) is 1. The number of aliphatic carboxylic acids is 1. The average Bonchev–Trinajstić information content (AvgIpc) is 3.20. The van der Waals surface area contributed by atoms with Gasteiger partial charge in [0.15, 0.2) is 5.13 Å². The molecule has 0 radical (unpaired) electrons. The number of hydrogen-bond donors (Lipinski definition) is 2. The van der Waals surface area contributed by atoms with Crippen LogP contribution in [0.3, 0.4) is 0 Å². The van der Waals surface area contributed by atoms with Crippen molar-refractivity contribution in [3.8, 4) is 16.9 Å². The highest BCUT2D eigenvalue weighted by Crippen LogP contribution is 2.45. The molecule has 1 aliphatic rings. The smallest absolute Gasteiger partial charge is 0.329 e. The number of pyridine rings is 1. The first kappa shape index (κ1) is 24.1. The Morgan fingerprint density at radius 2 is 2.08 bits per heavy atom. The van der Waals surface area contributed by atoms with Gasteiger partial charge in [0.1, 0.15) is 12.4 Å². The second-order valence-electron chi connectivity index (χ2n) is 9.62. The van der Waals surface area contributed by atoms with Gasteiger partial charge in [-0.05, 0) is 61.7 Å². The Kier molecular flexibility index (Phi) is 6.13. The van der Waals surface area contributed by atoms with Crippen LogP contribution in [0.15, 0.2) is 30.5 Å². The topological polar surface area (TPSA) is 111 Å². The highest BCUT2D eigenvalue weighted by atomic mass is 32.1. The van der Waals surface area contributed by atoms with Crippen LogP contribution in [0, 0.1) is 6.92 Å². The number of carbonyl (C=O) groups is 2. The van der Waals surface area contributed by atoms with E-state index in [2.05, 4.69) is 10.3 Å². The third-order valence-corrected chi connectivity index (χ3v) is 7.33. The summed E-state index contributed by atoms with van der Waals surface area (Å²) in [6.45, 7) is 7.52. The van der Waals surface area contributed by atoms with Crippen molar-refractivity contribution in [2.24, 2.45) is 0 Å². The SMILES string of the molecule is CC(=O)Nc1nc2cc(C)c(CC(C)(C)OCC(=O)O)c(-c3ccc4c5c(ccnc35)CCO4)c2s1. The number of nitrogens with one attached hydrogen (secondary N) is 1. The van der Waals surface area contributed by atoms with E-state index in [4.69, 9.17) is 19.6 Å². The number of carbonyl (C=O) groups excluding carboxylic acids is 1. The predicted molar refractivity (Wildman–Crippen MR) is 140 cm³/mol. The number of rotatable bonds is 7. The second-order valence-corrected chi connectivity index (χ2v) is 10.6. The van der Waals surface area contributed by atoms with Crippen molar-refractivity contribution in [2.45, 2.75) is 46.1 Å². The molecule has 0 saturated heterocycles. The van der Waals surface area contributed by atoms with Gasteiger partial charge in [-0.2, -0.15) is 0 Å². The number of aryl methyl sites for hydroxylation is 1. The summed E-state index contributed by atoms with van der Waals surface area (Å²) in [4.78, 5) is 32.4. The molecule has 0 aliphatic carbocycles. The molecule has 5 rings (SSSR count). The summed E-state index contributed by atoms with van der Waals surface area (Å²) >= 11 is 1.41. The number of benzene rings is 2. The zero-order valence-electron chi connectivity index (χ0n) is 20.6. The fraction of sp³-hybridized carbons (Fsp3) is 0.333. The number of anilines is 1. The molecule has 1 aliphatic heterocycles. The molecule has 186 valence electrons. The minimum absolute atomic E-state index is 0.184. The number of ether oxygens (including phenoxy) is 2. The van der Waals surface area contributed by atoms with Crippen LogP contribution >= 0.6 is 11.3 Å². The molecule has 2 N–H and O–H groups in total. The zero-order chi connectivity index (χ0) is 25.6. The van der Waals surface area contributed by atoms with E-state index in [1.165, 1.54) is 23.8 Å². The molecule has 2 aromatic heterocycles. The lowest BCUT2D eigenvalue weighted by atomic mass is 9.86. The zero-order valence-corrected chi connectivity index (χ0v) is 21.4. The highest BCUT2D eigenvalue weighted by Gasteiger charge is 2.28. The summed E-state index contributed by atoms with van der Waals surface area (Å²) in [7, 11) is 0. The summed E-state index contributed by atoms with van der Waals surface area (Å²) in [5.41, 5.74) is 6.01. The van der Waals surface area contributed by atoms with Crippen LogP contribution in [-0.4, -0.2) is 45.8 Å². The monoisotopic (exact) mass is 505 g/mol. The van der Waals surface area contributed by atoms with E-state index >= 15 is 0 Å². The molecular weight excluding hydrogens is 478 g/mol. The second kappa shape index (κ2) is 9.15. The van der Waals surface area contributed by atoms with E-state index in [1.54, 1.807) is 0 Å². The first-order chi connectivity index (χ1) is 17.1. The number of carboxylic acids is 1. The summed E-state index contributed by atoms with van der Waals surface area (Å²) < 4.78 is 12.6. The Hall–Kier alpha value is -3.56. The van der Waals surface area contributed by atoms with Crippen LogP contribution in [0.4, 0.5) is 5.13 Å². The first-order valence-electron chi connectivity index (χ1n) is 11.7. The Bertz CT molecular complexity index is 1520. The first-order valence-corrected chi connectivity index (χ1v) is 12.5. The van der Waals surface area contributed by atoms with Gasteiger partial charge >= 0.3 is 5.97 Å². The van der Waals surface area contributed by atoms with Gasteiger partial charge in [0, 0.05) is 42.5 Å². The maximum Gasteiger partial charge on any atom is 0.329 e. The van der Waals surface area contributed by atoms with E-state index in [1.807, 2.05) is 51.2 Å². The van der Waals surface area contributed by atoms with Gasteiger partial charge < -0.3 is 19.9 Å². The molecule has 0 unspecified atom stereocenters. The number of thiazole rings is 1. The largest absolute Gasteiger partial charge is 0.493 e. The standard InChI is InChI=1S/C27H27N3O5S/c1-14-11-19-25(36-26(30-19)29-15(2)31)23(18(14)12-27(3,4)35-13-21(32)33)17-5-6-20-22-16(8-10-34-20)7-9-28-24(17)22/h5-7,9,11H,8,10,12-13H2,1-4H3,(H,32,33)(H,29,30,31). The third-order valence-electron chi connectivity index (χ3n) is 6.32. The molecule has 9 heteroatoms. The lowest BCUT2D eigenvalue weighted by molar-refractivity contribution is -0.148. The van der Waals surface area contributed by atoms with Crippen LogP contribution in [0.1, 0.15) is 37.5 Å². The van der Waals surface area contributed by atoms with E-state index in [-0.39, 0.29) is 12.5 Å². The average molecular weight is 506 g/mol. The molecule has 4 aromatic rings. The molecule has 0 bridgehead atoms. The molecular formula is C27H27N3O5S. The predicted octanol–water partition coefficient (Wildman–Crippen LogP) is 5.14. The van der Waals surface area contributed by atoms with E-state index in [0.717, 1.165) is 55.5 Å². The van der Waals surface area contributed by atoms with E-state index < -0.39 is 11.6 Å². The van der Waals surface area contributed by atoms with Gasteiger partial charge in [0.2, 0.25) is 5.91 Å². The number of hydrogen-bond acceptors (Lipinski definition) is 7. The van der Waals surface area contributed by atoms with Gasteiger partial charge in [-0.1, -0.05) is 11.3 Å². The Morgan fingerprint density at radius 1 is 1.28 bits per heavy atom. The van der Waals surface area contributed by atoms with Crippen molar-refractivity contribution >= 4 is 49.5 Å². The fourth-order valence-corrected chi connectivity index (χ4v) is 5.87. The fourth-order valence-electron chi connectivity index (χ4n) is 4.79. The number of amides is 1. The van der Waals surface area contributed by atoms with Gasteiger partial charge in [0.25, 0.3) is 0 Å². The Labute approximate surface area is 212 Å². The van der Waals surface area contributed by atoms with Crippen molar-refractivity contribution in [1.29, 1.82) is 0 Å². The van der Waals surface area contributed by atoms with Crippen molar-refractivity contribution in [2.75, 3.05) is 18.5 Å². The molecule has 0 atom stereocenters. The molecule has 0 spiro atoms. The molecule has 2 aromatic carbocycles. The summed E-state index contributed by atoms with van der Waals surface area (Å²) in [5, 5.41) is 13.5. The van der Waals surface area contributed by atoms with Gasteiger partial charge in [-0.15, -0.1) is 0 Å². The molecule has 36 heavy (non-hydrogen) atoms. The van der Waals surface area contributed by atoms with Crippen LogP contribution in [0.25, 0.3) is 32.2 Å². The number of fused-ring (bicyclic) bond motifs is 1. The minimum atomic E-state index is -1.01. The third kappa shape index (κ3) is 4.52. The maximum atomic E-state index is 11.7. The van der Waals surface area contributed by atoms with Crippen LogP contribution in [0.2, 0.25) is 0 Å². The van der Waals surface area contributed by atoms with Crippen molar-refractivity contribution in [3.05, 3.63) is 47.2 Å². The molecule has 0 saturated carbocycles. The van der Waals surface area contributed by atoms with E-state index in [9.17, 15) is 9.59 Å². The maximum absolute atomic E-state index is 11.7. The number of aromatic nitrogens is 2. The summed E-state index contributed by atoms with van der Waals surface area (Å²) in [5.74, 6) is -0.372. The van der Waals surface area contributed by atoms with Gasteiger partial charge in [-0.3, -0.25) is 9.78 Å². The van der Waals surface area contributed by atoms with Crippen molar-refractivity contribution in [1.82, 2.24) is 9.97 Å². The van der Waals surface area contributed by atoms with Crippen LogP contribution in [0.5, 0.6) is 5.75 Å². The van der Waals surface area contributed by atoms with Crippen molar-refractivity contribution in [3.63, 3.8) is 0 Å². The van der Waals surface area contributed by atoms with Gasteiger partial charge in [0.05, 0.1) is 27.9 Å². The lowest BCUT2D eigenvalue weighted by Crippen LogP contribution is -2.30. The molecule has 0 fully saturated rings. The molecule has 3 heterocycles.